The van der Waals surface area contributed by atoms with Gasteiger partial charge in [0.1, 0.15) is 6.33 Å². The lowest BCUT2D eigenvalue weighted by Crippen LogP contribution is -2.13. The molecule has 0 radical (unpaired) electrons. The first kappa shape index (κ1) is 13.4. The van der Waals surface area contributed by atoms with Crippen LogP contribution in [0.2, 0.25) is 0 Å². The Hall–Kier alpha value is -2.08. The Kier molecular flexibility index (Phi) is 4.74. The van der Waals surface area contributed by atoms with Gasteiger partial charge in [0, 0.05) is 18.4 Å². The minimum atomic E-state index is -0.0561. The van der Waals surface area contributed by atoms with Crippen LogP contribution in [0, 0.1) is 0 Å². The molecule has 1 aromatic carbocycles. The van der Waals surface area contributed by atoms with Gasteiger partial charge in [-0.2, -0.15) is 0 Å². The zero-order valence-corrected chi connectivity index (χ0v) is 11.1. The van der Waals surface area contributed by atoms with Crippen LogP contribution in [-0.4, -0.2) is 21.6 Å². The second kappa shape index (κ2) is 6.75. The molecule has 1 aromatic heterocycles. The van der Waals surface area contributed by atoms with Gasteiger partial charge in [0.2, 0.25) is 5.91 Å². The van der Waals surface area contributed by atoms with Crippen molar-refractivity contribution >= 4 is 29.0 Å². The van der Waals surface area contributed by atoms with Gasteiger partial charge >= 0.3 is 0 Å². The van der Waals surface area contributed by atoms with Gasteiger partial charge in [-0.1, -0.05) is 12.1 Å². The van der Waals surface area contributed by atoms with Crippen LogP contribution in [0.3, 0.4) is 0 Å². The highest BCUT2D eigenvalue weighted by Crippen LogP contribution is 2.18. The van der Waals surface area contributed by atoms with E-state index in [0.29, 0.717) is 23.5 Å². The quantitative estimate of drug-likeness (QED) is 0.496. The number of benzene rings is 1. The summed E-state index contributed by atoms with van der Waals surface area (Å²) in [5.41, 5.74) is 6.97. The maximum absolute atomic E-state index is 11.7. The lowest BCUT2D eigenvalue weighted by molar-refractivity contribution is -0.115. The number of nitrogens with zero attached hydrogens (tertiary/aromatic N) is 2. The maximum atomic E-state index is 11.7. The summed E-state index contributed by atoms with van der Waals surface area (Å²) in [6.07, 6.45) is 3.58. The van der Waals surface area contributed by atoms with Crippen LogP contribution in [0.15, 0.2) is 47.9 Å². The molecule has 0 aliphatic heterocycles. The summed E-state index contributed by atoms with van der Waals surface area (Å²) in [6, 6.07) is 9.02. The van der Waals surface area contributed by atoms with Crippen LogP contribution in [0.4, 0.5) is 11.4 Å². The summed E-state index contributed by atoms with van der Waals surface area (Å²) in [5, 5.41) is 3.65. The number of nitrogen functional groups attached to an aromatic ring is 1. The van der Waals surface area contributed by atoms with Crippen molar-refractivity contribution in [2.45, 2.75) is 11.4 Å². The Labute approximate surface area is 115 Å². The number of amides is 1. The van der Waals surface area contributed by atoms with Crippen molar-refractivity contribution in [3.63, 3.8) is 0 Å². The molecule has 6 heteroatoms. The highest BCUT2D eigenvalue weighted by molar-refractivity contribution is 7.99. The van der Waals surface area contributed by atoms with Crippen molar-refractivity contribution in [1.29, 1.82) is 0 Å². The van der Waals surface area contributed by atoms with Crippen LogP contribution in [-0.2, 0) is 4.79 Å². The number of nitrogens with one attached hydrogen (secondary N) is 1. The average molecular weight is 274 g/mol. The van der Waals surface area contributed by atoms with Gasteiger partial charge in [0.25, 0.3) is 0 Å². The summed E-state index contributed by atoms with van der Waals surface area (Å²) in [5.74, 6) is 0.606. The third-order valence-electron chi connectivity index (χ3n) is 2.37. The molecule has 0 bridgehead atoms. The molecule has 0 fully saturated rings. The Morgan fingerprint density at radius 2 is 2.16 bits per heavy atom. The van der Waals surface area contributed by atoms with Gasteiger partial charge in [-0.3, -0.25) is 4.79 Å². The minimum absolute atomic E-state index is 0.0561. The number of anilines is 2. The number of para-hydroxylation sites is 2. The van der Waals surface area contributed by atoms with Crippen LogP contribution >= 0.6 is 11.8 Å². The van der Waals surface area contributed by atoms with Crippen LogP contribution in [0.25, 0.3) is 0 Å². The van der Waals surface area contributed by atoms with E-state index in [1.54, 1.807) is 18.3 Å². The fourth-order valence-electron chi connectivity index (χ4n) is 1.44. The van der Waals surface area contributed by atoms with Crippen molar-refractivity contribution in [3.8, 4) is 0 Å². The van der Waals surface area contributed by atoms with Gasteiger partial charge in [-0.15, -0.1) is 11.8 Å². The van der Waals surface area contributed by atoms with E-state index >= 15 is 0 Å². The molecule has 19 heavy (non-hydrogen) atoms. The molecule has 0 spiro atoms. The van der Waals surface area contributed by atoms with E-state index in [2.05, 4.69) is 15.3 Å². The number of thioether (sulfide) groups is 1. The van der Waals surface area contributed by atoms with E-state index in [0.717, 1.165) is 5.03 Å². The fraction of sp³-hybridized carbons (Fsp3) is 0.154. The first-order valence-corrected chi connectivity index (χ1v) is 6.77. The van der Waals surface area contributed by atoms with Gasteiger partial charge in [0.15, 0.2) is 0 Å². The molecule has 0 saturated heterocycles. The number of rotatable bonds is 5. The van der Waals surface area contributed by atoms with Crippen molar-refractivity contribution in [1.82, 2.24) is 9.97 Å². The zero-order valence-electron chi connectivity index (χ0n) is 10.2. The first-order valence-electron chi connectivity index (χ1n) is 5.79. The van der Waals surface area contributed by atoms with Crippen LogP contribution < -0.4 is 11.1 Å². The van der Waals surface area contributed by atoms with E-state index in [1.165, 1.54) is 18.1 Å². The zero-order chi connectivity index (χ0) is 13.5. The van der Waals surface area contributed by atoms with Gasteiger partial charge < -0.3 is 11.1 Å². The predicted octanol–water partition coefficient (Wildman–Crippen LogP) is 2.18. The van der Waals surface area contributed by atoms with Gasteiger partial charge in [-0.05, 0) is 18.2 Å². The number of carbonyl (C=O) groups excluding carboxylic acids is 1. The molecule has 98 valence electrons. The van der Waals surface area contributed by atoms with E-state index in [4.69, 9.17) is 5.73 Å². The van der Waals surface area contributed by atoms with E-state index in [9.17, 15) is 4.79 Å². The molecule has 0 aliphatic carbocycles. The summed E-state index contributed by atoms with van der Waals surface area (Å²) >= 11 is 1.52. The van der Waals surface area contributed by atoms with Crippen molar-refractivity contribution in [2.75, 3.05) is 16.8 Å². The minimum Gasteiger partial charge on any atom is -0.397 e. The third-order valence-corrected chi connectivity index (χ3v) is 3.31. The lowest BCUT2D eigenvalue weighted by Gasteiger charge is -2.07. The average Bonchev–Trinajstić information content (AvgIpc) is 2.43. The fourth-order valence-corrected chi connectivity index (χ4v) is 2.21. The summed E-state index contributed by atoms with van der Waals surface area (Å²) in [7, 11) is 0. The normalized spacial score (nSPS) is 10.1. The van der Waals surface area contributed by atoms with Crippen molar-refractivity contribution in [3.05, 3.63) is 42.9 Å². The van der Waals surface area contributed by atoms with Crippen molar-refractivity contribution in [2.24, 2.45) is 0 Å². The largest absolute Gasteiger partial charge is 0.397 e. The summed E-state index contributed by atoms with van der Waals surface area (Å²) in [6.45, 7) is 0. The molecule has 1 heterocycles. The smallest absolute Gasteiger partial charge is 0.225 e. The molecule has 0 unspecified atom stereocenters. The molecule has 5 nitrogen and oxygen atoms in total. The van der Waals surface area contributed by atoms with Gasteiger partial charge in [0.05, 0.1) is 16.4 Å². The lowest BCUT2D eigenvalue weighted by atomic mass is 10.2. The van der Waals surface area contributed by atoms with E-state index < -0.39 is 0 Å². The second-order valence-electron chi connectivity index (χ2n) is 3.78. The maximum Gasteiger partial charge on any atom is 0.225 e. The molecule has 0 saturated carbocycles. The number of aromatic nitrogens is 2. The van der Waals surface area contributed by atoms with Crippen LogP contribution in [0.1, 0.15) is 6.42 Å². The van der Waals surface area contributed by atoms with E-state index in [1.807, 2.05) is 18.2 Å². The molecule has 3 N–H and O–H groups in total. The molecule has 2 rings (SSSR count). The number of hydrogen-bond acceptors (Lipinski definition) is 5. The third kappa shape index (κ3) is 4.26. The standard InChI is InChI=1S/C13H14N4OS/c14-10-3-1-2-4-11(10)17-12(18)6-8-19-13-5-7-15-9-16-13/h1-5,7,9H,6,8,14H2,(H,17,18). The predicted molar refractivity (Wildman–Crippen MR) is 76.9 cm³/mol. The molecular formula is C13H14N4OS. The second-order valence-corrected chi connectivity index (χ2v) is 4.90. The van der Waals surface area contributed by atoms with Crippen LogP contribution in [0.5, 0.6) is 0 Å². The Morgan fingerprint density at radius 3 is 2.89 bits per heavy atom. The molecular weight excluding hydrogens is 260 g/mol. The summed E-state index contributed by atoms with van der Waals surface area (Å²) in [4.78, 5) is 19.7. The Balaban J connectivity index is 1.78. The van der Waals surface area contributed by atoms with E-state index in [-0.39, 0.29) is 5.91 Å². The monoisotopic (exact) mass is 274 g/mol. The van der Waals surface area contributed by atoms with Crippen molar-refractivity contribution < 1.29 is 4.79 Å². The van der Waals surface area contributed by atoms with Gasteiger partial charge in [-0.25, -0.2) is 9.97 Å². The molecule has 0 aliphatic rings. The highest BCUT2D eigenvalue weighted by atomic mass is 32.2. The number of carbonyl (C=O) groups is 1. The number of hydrogen-bond donors (Lipinski definition) is 2. The molecule has 2 aromatic rings. The Morgan fingerprint density at radius 1 is 1.32 bits per heavy atom. The number of nitrogens with two attached hydrogens (primary N) is 1. The Bertz CT molecular complexity index is 547. The SMILES string of the molecule is Nc1ccccc1NC(=O)CCSc1ccncn1. The molecule has 0 atom stereocenters. The first-order chi connectivity index (χ1) is 9.25. The molecule has 1 amide bonds. The highest BCUT2D eigenvalue weighted by Gasteiger charge is 2.05. The summed E-state index contributed by atoms with van der Waals surface area (Å²) < 4.78 is 0. The topological polar surface area (TPSA) is 80.9 Å².